The van der Waals surface area contributed by atoms with Gasteiger partial charge in [0.25, 0.3) is 0 Å². The Bertz CT molecular complexity index is 443. The van der Waals surface area contributed by atoms with Crippen LogP contribution in [0.3, 0.4) is 0 Å². The Morgan fingerprint density at radius 3 is 2.69 bits per heavy atom. The lowest BCUT2D eigenvalue weighted by molar-refractivity contribution is 0.141. The van der Waals surface area contributed by atoms with Crippen molar-refractivity contribution < 1.29 is 4.74 Å². The normalized spacial score (nSPS) is 23.4. The number of hydrogen-bond acceptors (Lipinski definition) is 1. The summed E-state index contributed by atoms with van der Waals surface area (Å²) in [5.41, 5.74) is 2.30. The first-order valence-corrected chi connectivity index (χ1v) is 5.70. The molecule has 1 aromatic rings. The summed E-state index contributed by atoms with van der Waals surface area (Å²) in [6.45, 7) is 6.34. The van der Waals surface area contributed by atoms with Crippen LogP contribution in [0.5, 0.6) is 5.75 Å². The van der Waals surface area contributed by atoms with Gasteiger partial charge in [0, 0.05) is 6.42 Å². The van der Waals surface area contributed by atoms with Gasteiger partial charge in [0.1, 0.15) is 11.4 Å². The molecule has 0 saturated carbocycles. The molecule has 84 valence electrons. The van der Waals surface area contributed by atoms with Crippen molar-refractivity contribution >= 4 is 0 Å². The third-order valence-corrected chi connectivity index (χ3v) is 3.12. The van der Waals surface area contributed by atoms with Crippen LogP contribution >= 0.6 is 0 Å². The number of hydrogen-bond donors (Lipinski definition) is 0. The predicted octanol–water partition coefficient (Wildman–Crippen LogP) is 3.96. The van der Waals surface area contributed by atoms with E-state index in [1.54, 1.807) is 0 Å². The van der Waals surface area contributed by atoms with Crippen LogP contribution in [0.25, 0.3) is 0 Å². The van der Waals surface area contributed by atoms with Gasteiger partial charge in [-0.15, -0.1) is 0 Å². The van der Waals surface area contributed by atoms with E-state index in [0.717, 1.165) is 12.2 Å². The summed E-state index contributed by atoms with van der Waals surface area (Å²) >= 11 is 0. The topological polar surface area (TPSA) is 9.23 Å². The van der Waals surface area contributed by atoms with Gasteiger partial charge in [0.15, 0.2) is 0 Å². The minimum atomic E-state index is -0.201. The lowest BCUT2D eigenvalue weighted by Crippen LogP contribution is -2.30. The molecular weight excluding hydrogens is 196 g/mol. The fourth-order valence-electron chi connectivity index (χ4n) is 1.87. The summed E-state index contributed by atoms with van der Waals surface area (Å²) in [7, 11) is 0. The van der Waals surface area contributed by atoms with Gasteiger partial charge in [-0.1, -0.05) is 30.4 Å². The molecule has 0 N–H and O–H groups in total. The van der Waals surface area contributed by atoms with Crippen molar-refractivity contribution in [2.45, 2.75) is 32.8 Å². The molecule has 0 aromatic heterocycles. The van der Waals surface area contributed by atoms with Crippen LogP contribution in [0.15, 0.2) is 42.5 Å². The van der Waals surface area contributed by atoms with E-state index in [9.17, 15) is 0 Å². The number of benzene rings is 1. The van der Waals surface area contributed by atoms with Crippen LogP contribution in [0, 0.1) is 13.8 Å². The van der Waals surface area contributed by atoms with Crippen molar-refractivity contribution in [2.75, 3.05) is 0 Å². The molecule has 0 bridgehead atoms. The highest BCUT2D eigenvalue weighted by Gasteiger charge is 2.23. The number of rotatable bonds is 2. The molecule has 1 aliphatic carbocycles. The van der Waals surface area contributed by atoms with Gasteiger partial charge < -0.3 is 4.74 Å². The maximum Gasteiger partial charge on any atom is 0.128 e. The largest absolute Gasteiger partial charge is 0.483 e. The van der Waals surface area contributed by atoms with Crippen molar-refractivity contribution in [3.05, 3.63) is 53.6 Å². The van der Waals surface area contributed by atoms with Gasteiger partial charge >= 0.3 is 0 Å². The van der Waals surface area contributed by atoms with Gasteiger partial charge in [-0.25, -0.2) is 0 Å². The quantitative estimate of drug-likeness (QED) is 0.724. The minimum absolute atomic E-state index is 0.201. The molecule has 2 rings (SSSR count). The summed E-state index contributed by atoms with van der Waals surface area (Å²) in [5.74, 6) is 0.988. The zero-order valence-electron chi connectivity index (χ0n) is 10.2. The smallest absolute Gasteiger partial charge is 0.128 e. The summed E-state index contributed by atoms with van der Waals surface area (Å²) in [4.78, 5) is 0. The molecule has 1 aromatic carbocycles. The van der Waals surface area contributed by atoms with E-state index < -0.39 is 0 Å². The second-order valence-corrected chi connectivity index (χ2v) is 4.60. The molecule has 16 heavy (non-hydrogen) atoms. The van der Waals surface area contributed by atoms with Gasteiger partial charge in [0.05, 0.1) is 0 Å². The van der Waals surface area contributed by atoms with E-state index in [1.165, 1.54) is 11.1 Å². The first-order valence-electron chi connectivity index (χ1n) is 5.70. The highest BCUT2D eigenvalue weighted by Crippen LogP contribution is 2.29. The second kappa shape index (κ2) is 4.17. The maximum atomic E-state index is 6.12. The van der Waals surface area contributed by atoms with Crippen molar-refractivity contribution in [2.24, 2.45) is 0 Å². The second-order valence-electron chi connectivity index (χ2n) is 4.60. The standard InChI is InChI=1S/C15H18O/c1-12-8-7-9-14(13(12)2)16-15(3)10-5-4-6-11-15/h4-10H,11H2,1-3H3. The zero-order valence-corrected chi connectivity index (χ0v) is 10.2. The van der Waals surface area contributed by atoms with Crippen molar-refractivity contribution in [1.82, 2.24) is 0 Å². The molecule has 0 spiro atoms. The Kier molecular flexibility index (Phi) is 2.86. The average molecular weight is 214 g/mol. The zero-order chi connectivity index (χ0) is 11.6. The van der Waals surface area contributed by atoms with E-state index in [-0.39, 0.29) is 5.60 Å². The van der Waals surface area contributed by atoms with E-state index in [1.807, 2.05) is 12.1 Å². The monoisotopic (exact) mass is 214 g/mol. The van der Waals surface area contributed by atoms with Crippen LogP contribution in [0.2, 0.25) is 0 Å². The Labute approximate surface area is 97.4 Å². The molecular formula is C15H18O. The molecule has 0 radical (unpaired) electrons. The van der Waals surface area contributed by atoms with Gasteiger partial charge in [-0.05, 0) is 44.0 Å². The molecule has 1 atom stereocenters. The lowest BCUT2D eigenvalue weighted by Gasteiger charge is -2.29. The Hall–Kier alpha value is -1.50. The maximum absolute atomic E-state index is 6.12. The third-order valence-electron chi connectivity index (χ3n) is 3.12. The van der Waals surface area contributed by atoms with Crippen LogP contribution in [-0.2, 0) is 0 Å². The Morgan fingerprint density at radius 2 is 2.00 bits per heavy atom. The summed E-state index contributed by atoms with van der Waals surface area (Å²) < 4.78 is 6.12. The molecule has 1 heteroatoms. The third kappa shape index (κ3) is 2.19. The molecule has 0 aliphatic heterocycles. The Balaban J connectivity index is 2.24. The number of aryl methyl sites for hydroxylation is 1. The average Bonchev–Trinajstić information content (AvgIpc) is 2.26. The number of ether oxygens (including phenoxy) is 1. The highest BCUT2D eigenvalue weighted by molar-refractivity contribution is 5.39. The van der Waals surface area contributed by atoms with Crippen LogP contribution in [0.1, 0.15) is 24.5 Å². The fourth-order valence-corrected chi connectivity index (χ4v) is 1.87. The fraction of sp³-hybridized carbons (Fsp3) is 0.333. The van der Waals surface area contributed by atoms with E-state index in [4.69, 9.17) is 4.74 Å². The first-order chi connectivity index (χ1) is 7.61. The van der Waals surface area contributed by atoms with Gasteiger partial charge in [-0.3, -0.25) is 0 Å². The summed E-state index contributed by atoms with van der Waals surface area (Å²) in [6.07, 6.45) is 9.31. The summed E-state index contributed by atoms with van der Waals surface area (Å²) in [5, 5.41) is 0. The molecule has 0 fully saturated rings. The van der Waals surface area contributed by atoms with Crippen LogP contribution < -0.4 is 4.74 Å². The molecule has 1 aliphatic rings. The molecule has 0 amide bonds. The molecule has 0 heterocycles. The highest BCUT2D eigenvalue weighted by atomic mass is 16.5. The SMILES string of the molecule is Cc1cccc(OC2(C)C=CC=CC2)c1C. The van der Waals surface area contributed by atoms with Gasteiger partial charge in [0.2, 0.25) is 0 Å². The first kappa shape index (κ1) is 11.0. The molecule has 1 nitrogen and oxygen atoms in total. The van der Waals surface area contributed by atoms with E-state index >= 15 is 0 Å². The van der Waals surface area contributed by atoms with Crippen LogP contribution in [-0.4, -0.2) is 5.60 Å². The molecule has 1 unspecified atom stereocenters. The van der Waals surface area contributed by atoms with Crippen molar-refractivity contribution in [3.8, 4) is 5.75 Å². The minimum Gasteiger partial charge on any atom is -0.483 e. The lowest BCUT2D eigenvalue weighted by atomic mass is 9.97. The molecule has 0 saturated heterocycles. The van der Waals surface area contributed by atoms with Gasteiger partial charge in [-0.2, -0.15) is 0 Å². The van der Waals surface area contributed by atoms with Crippen molar-refractivity contribution in [3.63, 3.8) is 0 Å². The predicted molar refractivity (Wildman–Crippen MR) is 67.8 cm³/mol. The van der Waals surface area contributed by atoms with Crippen LogP contribution in [0.4, 0.5) is 0 Å². The summed E-state index contributed by atoms with van der Waals surface area (Å²) in [6, 6.07) is 6.20. The Morgan fingerprint density at radius 1 is 1.19 bits per heavy atom. The van der Waals surface area contributed by atoms with E-state index in [0.29, 0.717) is 0 Å². The van der Waals surface area contributed by atoms with E-state index in [2.05, 4.69) is 51.1 Å². The van der Waals surface area contributed by atoms with Crippen molar-refractivity contribution in [1.29, 1.82) is 0 Å². The number of allylic oxidation sites excluding steroid dienone is 2.